The third-order valence-corrected chi connectivity index (χ3v) is 2.38. The number of methoxy groups -OCH3 is 1. The fraction of sp³-hybridized carbons (Fsp3) is 0.400. The predicted molar refractivity (Wildman–Crippen MR) is 55.6 cm³/mol. The van der Waals surface area contributed by atoms with Crippen LogP contribution in [0.2, 0.25) is 0 Å². The SMILES string of the molecule is COc1ccc2c(c1)CC(N)C2.Cl. The Hall–Kier alpha value is -0.730. The Morgan fingerprint density at radius 1 is 1.31 bits per heavy atom. The van der Waals surface area contributed by atoms with Crippen molar-refractivity contribution in [3.8, 4) is 5.75 Å². The number of rotatable bonds is 1. The zero-order valence-electron chi connectivity index (χ0n) is 7.62. The lowest BCUT2D eigenvalue weighted by Crippen LogP contribution is -2.18. The summed E-state index contributed by atoms with van der Waals surface area (Å²) in [6.45, 7) is 0. The number of hydrogen-bond acceptors (Lipinski definition) is 2. The molecule has 1 aromatic rings. The highest BCUT2D eigenvalue weighted by Gasteiger charge is 2.17. The summed E-state index contributed by atoms with van der Waals surface area (Å²) in [6, 6.07) is 6.51. The molecule has 1 unspecified atom stereocenters. The Bertz CT molecular complexity index is 301. The summed E-state index contributed by atoms with van der Waals surface area (Å²) in [7, 11) is 1.69. The molecule has 0 spiro atoms. The van der Waals surface area contributed by atoms with Crippen LogP contribution in [-0.4, -0.2) is 13.2 Å². The lowest BCUT2D eigenvalue weighted by atomic mass is 10.1. The number of ether oxygens (including phenoxy) is 1. The largest absolute Gasteiger partial charge is 0.497 e. The third-order valence-electron chi connectivity index (χ3n) is 2.38. The van der Waals surface area contributed by atoms with E-state index in [4.69, 9.17) is 10.5 Å². The van der Waals surface area contributed by atoms with Gasteiger partial charge in [-0.1, -0.05) is 6.07 Å². The van der Waals surface area contributed by atoms with E-state index in [2.05, 4.69) is 12.1 Å². The van der Waals surface area contributed by atoms with Gasteiger partial charge in [0.25, 0.3) is 0 Å². The van der Waals surface area contributed by atoms with E-state index in [-0.39, 0.29) is 12.4 Å². The molecule has 3 heteroatoms. The molecule has 0 aliphatic heterocycles. The van der Waals surface area contributed by atoms with E-state index in [0.29, 0.717) is 6.04 Å². The summed E-state index contributed by atoms with van der Waals surface area (Å²) in [5, 5.41) is 0. The zero-order valence-corrected chi connectivity index (χ0v) is 8.43. The molecule has 0 bridgehead atoms. The molecule has 0 fully saturated rings. The van der Waals surface area contributed by atoms with Crippen molar-refractivity contribution in [2.45, 2.75) is 18.9 Å². The van der Waals surface area contributed by atoms with Gasteiger partial charge in [0.15, 0.2) is 0 Å². The average molecular weight is 200 g/mol. The van der Waals surface area contributed by atoms with Crippen molar-refractivity contribution in [2.75, 3.05) is 7.11 Å². The van der Waals surface area contributed by atoms with Gasteiger partial charge in [-0.2, -0.15) is 0 Å². The molecule has 2 rings (SSSR count). The van der Waals surface area contributed by atoms with Crippen LogP contribution >= 0.6 is 12.4 Å². The van der Waals surface area contributed by atoms with Crippen molar-refractivity contribution in [1.82, 2.24) is 0 Å². The molecule has 0 radical (unpaired) electrons. The van der Waals surface area contributed by atoms with Crippen LogP contribution in [-0.2, 0) is 12.8 Å². The van der Waals surface area contributed by atoms with Gasteiger partial charge in [-0.25, -0.2) is 0 Å². The van der Waals surface area contributed by atoms with Crippen LogP contribution in [0, 0.1) is 0 Å². The molecule has 13 heavy (non-hydrogen) atoms. The van der Waals surface area contributed by atoms with Crippen LogP contribution in [0.1, 0.15) is 11.1 Å². The molecule has 1 aliphatic rings. The van der Waals surface area contributed by atoms with E-state index < -0.39 is 0 Å². The van der Waals surface area contributed by atoms with Gasteiger partial charge in [0.05, 0.1) is 7.11 Å². The van der Waals surface area contributed by atoms with Crippen molar-refractivity contribution < 1.29 is 4.74 Å². The van der Waals surface area contributed by atoms with Crippen LogP contribution in [0.25, 0.3) is 0 Å². The Morgan fingerprint density at radius 2 is 2.00 bits per heavy atom. The summed E-state index contributed by atoms with van der Waals surface area (Å²) in [6.07, 6.45) is 2.01. The van der Waals surface area contributed by atoms with Crippen LogP contribution in [0.5, 0.6) is 5.75 Å². The number of hydrogen-bond donors (Lipinski definition) is 1. The lowest BCUT2D eigenvalue weighted by Gasteiger charge is -2.02. The first-order valence-electron chi connectivity index (χ1n) is 4.21. The maximum absolute atomic E-state index is 5.84. The smallest absolute Gasteiger partial charge is 0.119 e. The highest BCUT2D eigenvalue weighted by Crippen LogP contribution is 2.25. The Labute approximate surface area is 84.5 Å². The molecule has 2 nitrogen and oxygen atoms in total. The quantitative estimate of drug-likeness (QED) is 0.745. The zero-order chi connectivity index (χ0) is 8.55. The van der Waals surface area contributed by atoms with Crippen molar-refractivity contribution in [1.29, 1.82) is 0 Å². The van der Waals surface area contributed by atoms with Crippen LogP contribution in [0.15, 0.2) is 18.2 Å². The van der Waals surface area contributed by atoms with Crippen LogP contribution < -0.4 is 10.5 Å². The molecule has 0 aromatic heterocycles. The van der Waals surface area contributed by atoms with Gasteiger partial charge in [-0.3, -0.25) is 0 Å². The number of halogens is 1. The molecule has 1 aliphatic carbocycles. The van der Waals surface area contributed by atoms with E-state index in [0.717, 1.165) is 18.6 Å². The van der Waals surface area contributed by atoms with Crippen molar-refractivity contribution in [3.05, 3.63) is 29.3 Å². The lowest BCUT2D eigenvalue weighted by molar-refractivity contribution is 0.414. The van der Waals surface area contributed by atoms with Crippen LogP contribution in [0.3, 0.4) is 0 Å². The summed E-state index contributed by atoms with van der Waals surface area (Å²) in [4.78, 5) is 0. The maximum Gasteiger partial charge on any atom is 0.119 e. The minimum atomic E-state index is 0. The number of fused-ring (bicyclic) bond motifs is 1. The second-order valence-corrected chi connectivity index (χ2v) is 3.30. The molecule has 1 atom stereocenters. The summed E-state index contributed by atoms with van der Waals surface area (Å²) >= 11 is 0. The Balaban J connectivity index is 0.000000845. The van der Waals surface area contributed by atoms with Crippen molar-refractivity contribution in [3.63, 3.8) is 0 Å². The molecule has 2 N–H and O–H groups in total. The van der Waals surface area contributed by atoms with Gasteiger partial charge in [-0.05, 0) is 36.1 Å². The first-order valence-corrected chi connectivity index (χ1v) is 4.21. The van der Waals surface area contributed by atoms with E-state index in [1.165, 1.54) is 11.1 Å². The van der Waals surface area contributed by atoms with Gasteiger partial charge in [-0.15, -0.1) is 12.4 Å². The van der Waals surface area contributed by atoms with E-state index in [1.807, 2.05) is 6.07 Å². The second kappa shape index (κ2) is 3.99. The molecular formula is C10H14ClNO. The number of benzene rings is 1. The molecule has 1 aromatic carbocycles. The standard InChI is InChI=1S/C10H13NO.ClH/c1-12-10-3-2-7-4-9(11)5-8(7)6-10;/h2-3,6,9H,4-5,11H2,1H3;1H. The van der Waals surface area contributed by atoms with Gasteiger partial charge in [0.1, 0.15) is 5.75 Å². The molecule has 0 saturated heterocycles. The first kappa shape index (κ1) is 10.4. The van der Waals surface area contributed by atoms with Gasteiger partial charge in [0.2, 0.25) is 0 Å². The summed E-state index contributed by atoms with van der Waals surface area (Å²) in [5.74, 6) is 0.933. The maximum atomic E-state index is 5.84. The summed E-state index contributed by atoms with van der Waals surface area (Å²) < 4.78 is 5.13. The molecule has 0 heterocycles. The highest BCUT2D eigenvalue weighted by molar-refractivity contribution is 5.85. The monoisotopic (exact) mass is 199 g/mol. The predicted octanol–water partition coefficient (Wildman–Crippen LogP) is 1.54. The fourth-order valence-corrected chi connectivity index (χ4v) is 1.76. The van der Waals surface area contributed by atoms with Crippen molar-refractivity contribution >= 4 is 12.4 Å². The minimum absolute atomic E-state index is 0. The minimum Gasteiger partial charge on any atom is -0.497 e. The first-order chi connectivity index (χ1) is 5.79. The third kappa shape index (κ3) is 1.95. The Kier molecular flexibility index (Phi) is 3.17. The van der Waals surface area contributed by atoms with Crippen molar-refractivity contribution in [2.24, 2.45) is 5.73 Å². The van der Waals surface area contributed by atoms with E-state index in [1.54, 1.807) is 7.11 Å². The molecule has 0 amide bonds. The fourth-order valence-electron chi connectivity index (χ4n) is 1.76. The second-order valence-electron chi connectivity index (χ2n) is 3.30. The topological polar surface area (TPSA) is 35.2 Å². The molecular weight excluding hydrogens is 186 g/mol. The average Bonchev–Trinajstić information content (AvgIpc) is 2.43. The molecule has 0 saturated carbocycles. The van der Waals surface area contributed by atoms with Gasteiger partial charge >= 0.3 is 0 Å². The van der Waals surface area contributed by atoms with Gasteiger partial charge < -0.3 is 10.5 Å². The normalized spacial score (nSPS) is 19.1. The number of nitrogens with two attached hydrogens (primary N) is 1. The van der Waals surface area contributed by atoms with Gasteiger partial charge in [0, 0.05) is 6.04 Å². The summed E-state index contributed by atoms with van der Waals surface area (Å²) in [5.41, 5.74) is 8.56. The Morgan fingerprint density at radius 3 is 2.69 bits per heavy atom. The van der Waals surface area contributed by atoms with E-state index in [9.17, 15) is 0 Å². The molecule has 72 valence electrons. The van der Waals surface area contributed by atoms with E-state index >= 15 is 0 Å². The van der Waals surface area contributed by atoms with Crippen LogP contribution in [0.4, 0.5) is 0 Å². The highest BCUT2D eigenvalue weighted by atomic mass is 35.5.